The molecule has 2 aromatic rings. The number of carbonyl (C=O) groups excluding carboxylic acids is 2. The lowest BCUT2D eigenvalue weighted by molar-refractivity contribution is -0.141. The van der Waals surface area contributed by atoms with Crippen LogP contribution in [-0.4, -0.2) is 58.2 Å². The Labute approximate surface area is 183 Å². The van der Waals surface area contributed by atoms with E-state index in [1.165, 1.54) is 21.3 Å². The smallest absolute Gasteiger partial charge is 0.311 e. The van der Waals surface area contributed by atoms with Gasteiger partial charge >= 0.3 is 5.97 Å². The summed E-state index contributed by atoms with van der Waals surface area (Å²) in [5.74, 6) is -0.330. The Kier molecular flexibility index (Phi) is 4.67. The zero-order valence-electron chi connectivity index (χ0n) is 17.8. The zero-order valence-corrected chi connectivity index (χ0v) is 17.8. The molecule has 9 nitrogen and oxygen atoms in total. The molecule has 2 aliphatic heterocycles. The van der Waals surface area contributed by atoms with Gasteiger partial charge in [-0.3, -0.25) is 9.59 Å². The molecule has 1 saturated heterocycles. The molecule has 5 rings (SSSR count). The van der Waals surface area contributed by atoms with Gasteiger partial charge in [0.1, 0.15) is 12.0 Å². The SMILES string of the molecule is COc1cc([C@@H]2c3cc4c(cc3C(=O)[C@@]3(CO)COC(=O)[C@@H]23)OCO4)cc(OC)c1OC. The molecule has 1 fully saturated rings. The minimum atomic E-state index is -1.40. The number of ketones is 1. The quantitative estimate of drug-likeness (QED) is 0.695. The summed E-state index contributed by atoms with van der Waals surface area (Å²) in [6, 6.07) is 6.81. The minimum Gasteiger partial charge on any atom is -0.493 e. The molecular formula is C23H22O9. The Morgan fingerprint density at radius 3 is 2.22 bits per heavy atom. The van der Waals surface area contributed by atoms with Crippen LogP contribution in [0.1, 0.15) is 27.4 Å². The lowest BCUT2D eigenvalue weighted by Crippen LogP contribution is -2.49. The van der Waals surface area contributed by atoms with E-state index < -0.39 is 29.8 Å². The molecule has 168 valence electrons. The lowest BCUT2D eigenvalue weighted by Gasteiger charge is -2.39. The molecule has 0 bridgehead atoms. The predicted octanol–water partition coefficient (Wildman–Crippen LogP) is 1.92. The summed E-state index contributed by atoms with van der Waals surface area (Å²) in [6.07, 6.45) is 0. The number of fused-ring (bicyclic) bond motifs is 3. The molecule has 1 aliphatic carbocycles. The second-order valence-corrected chi connectivity index (χ2v) is 7.96. The summed E-state index contributed by atoms with van der Waals surface area (Å²) < 4.78 is 32.8. The van der Waals surface area contributed by atoms with E-state index in [9.17, 15) is 14.7 Å². The molecule has 0 aromatic heterocycles. The molecule has 9 heteroatoms. The monoisotopic (exact) mass is 442 g/mol. The third-order valence-electron chi connectivity index (χ3n) is 6.56. The second-order valence-electron chi connectivity index (χ2n) is 7.96. The van der Waals surface area contributed by atoms with Crippen LogP contribution in [0.15, 0.2) is 24.3 Å². The fourth-order valence-corrected chi connectivity index (χ4v) is 5.00. The Bertz CT molecular complexity index is 1100. The maximum atomic E-state index is 13.6. The second kappa shape index (κ2) is 7.30. The normalized spacial score (nSPS) is 25.1. The summed E-state index contributed by atoms with van der Waals surface area (Å²) in [6.45, 7) is -0.685. The Morgan fingerprint density at radius 2 is 1.62 bits per heavy atom. The summed E-state index contributed by atoms with van der Waals surface area (Å²) in [5.41, 5.74) is 0.190. The van der Waals surface area contributed by atoms with Gasteiger partial charge < -0.3 is 33.5 Å². The van der Waals surface area contributed by atoms with Crippen LogP contribution in [0.4, 0.5) is 0 Å². The molecule has 2 heterocycles. The van der Waals surface area contributed by atoms with E-state index in [1.807, 2.05) is 0 Å². The first-order valence-electron chi connectivity index (χ1n) is 10.0. The summed E-state index contributed by atoms with van der Waals surface area (Å²) in [4.78, 5) is 26.5. The fraction of sp³-hybridized carbons (Fsp3) is 0.391. The van der Waals surface area contributed by atoms with E-state index in [2.05, 4.69) is 0 Å². The van der Waals surface area contributed by atoms with Gasteiger partial charge in [-0.1, -0.05) is 0 Å². The van der Waals surface area contributed by atoms with Crippen LogP contribution in [0, 0.1) is 11.3 Å². The first-order chi connectivity index (χ1) is 15.5. The van der Waals surface area contributed by atoms with Crippen molar-refractivity contribution in [2.45, 2.75) is 5.92 Å². The first-order valence-corrected chi connectivity index (χ1v) is 10.0. The molecular weight excluding hydrogens is 420 g/mol. The highest BCUT2D eigenvalue weighted by molar-refractivity contribution is 6.08. The number of rotatable bonds is 5. The maximum Gasteiger partial charge on any atom is 0.311 e. The molecule has 32 heavy (non-hydrogen) atoms. The molecule has 3 aliphatic rings. The van der Waals surface area contributed by atoms with Crippen LogP contribution < -0.4 is 23.7 Å². The topological polar surface area (TPSA) is 110 Å². The molecule has 0 amide bonds. The number of carbonyl (C=O) groups is 2. The fourth-order valence-electron chi connectivity index (χ4n) is 5.00. The van der Waals surface area contributed by atoms with Crippen molar-refractivity contribution in [1.82, 2.24) is 0 Å². The van der Waals surface area contributed by atoms with E-state index >= 15 is 0 Å². The van der Waals surface area contributed by atoms with Gasteiger partial charge in [-0.25, -0.2) is 0 Å². The molecule has 2 aromatic carbocycles. The molecule has 0 radical (unpaired) electrons. The number of aliphatic hydroxyl groups is 1. The number of cyclic esters (lactones) is 1. The average Bonchev–Trinajstić information content (AvgIpc) is 3.42. The highest BCUT2D eigenvalue weighted by Crippen LogP contribution is 2.56. The number of aliphatic hydroxyl groups excluding tert-OH is 1. The third-order valence-corrected chi connectivity index (χ3v) is 6.56. The highest BCUT2D eigenvalue weighted by Gasteiger charge is 2.62. The standard InChI is InChI=1S/C23H22O9/c1-27-16-4-11(5-17(28-2)20(16)29-3)18-12-6-14-15(32-10-31-14)7-13(12)21(25)23(8-24)9-30-22(26)19(18)23/h4-7,18-19,24H,8-10H2,1-3H3/t18-,19-,23+/m1/s1. The lowest BCUT2D eigenvalue weighted by atomic mass is 9.59. The van der Waals surface area contributed by atoms with Gasteiger partial charge in [-0.15, -0.1) is 0 Å². The largest absolute Gasteiger partial charge is 0.493 e. The average molecular weight is 442 g/mol. The Hall–Kier alpha value is -3.46. The van der Waals surface area contributed by atoms with Crippen molar-refractivity contribution in [2.24, 2.45) is 11.3 Å². The number of methoxy groups -OCH3 is 3. The zero-order chi connectivity index (χ0) is 22.6. The minimum absolute atomic E-state index is 0.0396. The van der Waals surface area contributed by atoms with E-state index in [1.54, 1.807) is 24.3 Å². The number of hydrogen-bond donors (Lipinski definition) is 1. The van der Waals surface area contributed by atoms with Crippen molar-refractivity contribution in [3.63, 3.8) is 0 Å². The van der Waals surface area contributed by atoms with Gasteiger partial charge in [0.15, 0.2) is 28.8 Å². The van der Waals surface area contributed by atoms with Gasteiger partial charge in [-0.05, 0) is 35.4 Å². The number of hydrogen-bond acceptors (Lipinski definition) is 9. The summed E-state index contributed by atoms with van der Waals surface area (Å²) in [7, 11) is 4.50. The van der Waals surface area contributed by atoms with Crippen molar-refractivity contribution in [3.8, 4) is 28.7 Å². The number of esters is 1. The van der Waals surface area contributed by atoms with Crippen molar-refractivity contribution in [2.75, 3.05) is 41.3 Å². The number of benzene rings is 2. The van der Waals surface area contributed by atoms with E-state index in [-0.39, 0.29) is 19.2 Å². The van der Waals surface area contributed by atoms with Gasteiger partial charge in [0, 0.05) is 11.5 Å². The van der Waals surface area contributed by atoms with Crippen LogP contribution >= 0.6 is 0 Å². The van der Waals surface area contributed by atoms with E-state index in [0.29, 0.717) is 45.4 Å². The van der Waals surface area contributed by atoms with E-state index in [0.717, 1.165) is 0 Å². The van der Waals surface area contributed by atoms with Crippen LogP contribution in [0.25, 0.3) is 0 Å². The van der Waals surface area contributed by atoms with Crippen LogP contribution in [-0.2, 0) is 9.53 Å². The molecule has 0 saturated carbocycles. The molecule has 3 atom stereocenters. The highest BCUT2D eigenvalue weighted by atomic mass is 16.7. The molecule has 1 N–H and O–H groups in total. The van der Waals surface area contributed by atoms with Gasteiger partial charge in [0.25, 0.3) is 0 Å². The van der Waals surface area contributed by atoms with Crippen LogP contribution in [0.3, 0.4) is 0 Å². The maximum absolute atomic E-state index is 13.6. The Morgan fingerprint density at radius 1 is 0.969 bits per heavy atom. The molecule has 0 unspecified atom stereocenters. The summed E-state index contributed by atoms with van der Waals surface area (Å²) in [5, 5.41) is 10.3. The Balaban J connectivity index is 1.80. The first kappa shape index (κ1) is 20.4. The molecule has 0 spiro atoms. The van der Waals surface area contributed by atoms with Crippen LogP contribution in [0.5, 0.6) is 28.7 Å². The summed E-state index contributed by atoms with van der Waals surface area (Å²) >= 11 is 0. The van der Waals surface area contributed by atoms with Crippen LogP contribution in [0.2, 0.25) is 0 Å². The number of Topliss-reactive ketones (excluding diaryl/α,β-unsaturated/α-hetero) is 1. The van der Waals surface area contributed by atoms with Gasteiger partial charge in [-0.2, -0.15) is 0 Å². The van der Waals surface area contributed by atoms with Crippen molar-refractivity contribution >= 4 is 11.8 Å². The van der Waals surface area contributed by atoms with Crippen molar-refractivity contribution in [1.29, 1.82) is 0 Å². The number of ether oxygens (including phenoxy) is 6. The van der Waals surface area contributed by atoms with Crippen molar-refractivity contribution in [3.05, 3.63) is 41.0 Å². The van der Waals surface area contributed by atoms with Crippen molar-refractivity contribution < 1.29 is 43.1 Å². The van der Waals surface area contributed by atoms with Gasteiger partial charge in [0.05, 0.1) is 33.9 Å². The van der Waals surface area contributed by atoms with Gasteiger partial charge in [0.2, 0.25) is 12.5 Å². The predicted molar refractivity (Wildman–Crippen MR) is 109 cm³/mol. The van der Waals surface area contributed by atoms with E-state index in [4.69, 9.17) is 28.4 Å². The third kappa shape index (κ3) is 2.60.